The van der Waals surface area contributed by atoms with Gasteiger partial charge in [-0.05, 0) is 24.3 Å². The molecule has 0 saturated heterocycles. The van der Waals surface area contributed by atoms with Crippen LogP contribution in [0.3, 0.4) is 0 Å². The number of hydrogen-bond acceptors (Lipinski definition) is 4. The second kappa shape index (κ2) is 3.84. The monoisotopic (exact) mass is 229 g/mol. The number of hydrogen-bond donors (Lipinski definition) is 0. The highest BCUT2D eigenvalue weighted by molar-refractivity contribution is 5.53. The summed E-state index contributed by atoms with van der Waals surface area (Å²) in [7, 11) is 0. The highest BCUT2D eigenvalue weighted by Crippen LogP contribution is 2.25. The van der Waals surface area contributed by atoms with E-state index in [4.69, 9.17) is 4.42 Å². The maximum Gasteiger partial charge on any atom is 0.573 e. The van der Waals surface area contributed by atoms with Crippen molar-refractivity contribution in [2.75, 3.05) is 0 Å². The van der Waals surface area contributed by atoms with E-state index in [-0.39, 0.29) is 11.6 Å². The number of aromatic nitrogens is 2. The zero-order valence-electron chi connectivity index (χ0n) is 7.65. The smallest absolute Gasteiger partial charge is 0.412 e. The number of alkyl halides is 3. The van der Waals surface area contributed by atoms with Crippen molar-refractivity contribution in [1.29, 1.82) is 0 Å². The summed E-state index contributed by atoms with van der Waals surface area (Å²) >= 11 is 0. The number of rotatable bonds is 2. The molecule has 1 heterocycles. The summed E-state index contributed by atoms with van der Waals surface area (Å²) < 4.78 is 44.0. The van der Waals surface area contributed by atoms with E-state index in [1.54, 1.807) is 0 Å². The average Bonchev–Trinajstić information content (AvgIpc) is 2.69. The lowest BCUT2D eigenvalue weighted by atomic mass is 10.2. The van der Waals surface area contributed by atoms with Crippen LogP contribution in [0.1, 0.15) is 0 Å². The van der Waals surface area contributed by atoms with Crippen LogP contribution >= 0.6 is 0 Å². The first kappa shape index (κ1) is 10.5. The lowest BCUT2D eigenvalue weighted by Crippen LogP contribution is -2.16. The van der Waals surface area contributed by atoms with Gasteiger partial charge in [-0.25, -0.2) is 0 Å². The Labute approximate surface area is 87.7 Å². The summed E-state index contributed by atoms with van der Waals surface area (Å²) in [5.41, 5.74) is 0.489. The summed E-state index contributed by atoms with van der Waals surface area (Å²) in [6, 6.07) is 5.07. The Kier molecular flexibility index (Phi) is 2.51. The molecule has 0 N–H and O–H groups in total. The fraction of sp³-hybridized carbons (Fsp3) is 0.111. The maximum atomic E-state index is 11.8. The fourth-order valence-electron chi connectivity index (χ4n) is 1.07. The lowest BCUT2D eigenvalue weighted by molar-refractivity contribution is -0.274. The molecule has 2 aromatic rings. The summed E-state index contributed by atoms with van der Waals surface area (Å²) in [6.45, 7) is 0. The molecule has 1 aromatic carbocycles. The quantitative estimate of drug-likeness (QED) is 0.793. The second-order valence-electron chi connectivity index (χ2n) is 2.77. The van der Waals surface area contributed by atoms with Crippen LogP contribution in [0.15, 0.2) is 28.7 Å². The van der Waals surface area contributed by atoms with E-state index in [0.29, 0.717) is 5.56 Å². The van der Waals surface area contributed by atoms with Crippen molar-refractivity contribution in [3.05, 3.63) is 30.7 Å². The predicted octanol–water partition coefficient (Wildman–Crippen LogP) is 2.44. The van der Waals surface area contributed by atoms with Crippen LogP contribution in [-0.4, -0.2) is 16.6 Å². The third-order valence-electron chi connectivity index (χ3n) is 1.66. The summed E-state index contributed by atoms with van der Waals surface area (Å²) in [6.07, 6.45) is -2.56. The minimum Gasteiger partial charge on any atom is -0.412 e. The molecule has 2 rings (SSSR count). The lowest BCUT2D eigenvalue weighted by Gasteiger charge is -2.08. The van der Waals surface area contributed by atoms with Gasteiger partial charge >= 0.3 is 12.8 Å². The van der Waals surface area contributed by atoms with Crippen LogP contribution < -0.4 is 4.74 Å². The SMILES string of the molecule is FC(F)(F)Oc1ccc(-c2nn[c]o2)cc1. The van der Waals surface area contributed by atoms with E-state index < -0.39 is 6.36 Å². The molecule has 16 heavy (non-hydrogen) atoms. The first-order chi connectivity index (χ1) is 7.54. The summed E-state index contributed by atoms with van der Waals surface area (Å²) in [4.78, 5) is 0. The van der Waals surface area contributed by atoms with Crippen LogP contribution in [-0.2, 0) is 0 Å². The van der Waals surface area contributed by atoms with Gasteiger partial charge in [0, 0.05) is 5.56 Å². The predicted molar refractivity (Wildman–Crippen MR) is 45.3 cm³/mol. The van der Waals surface area contributed by atoms with Crippen LogP contribution in [0.5, 0.6) is 5.75 Å². The number of halogens is 3. The van der Waals surface area contributed by atoms with Gasteiger partial charge in [-0.15, -0.1) is 23.4 Å². The normalized spacial score (nSPS) is 11.4. The molecule has 4 nitrogen and oxygen atoms in total. The van der Waals surface area contributed by atoms with Crippen LogP contribution in [0.25, 0.3) is 11.5 Å². The van der Waals surface area contributed by atoms with E-state index in [9.17, 15) is 13.2 Å². The van der Waals surface area contributed by atoms with Gasteiger partial charge in [0.1, 0.15) is 5.75 Å². The Morgan fingerprint density at radius 1 is 1.19 bits per heavy atom. The number of benzene rings is 1. The molecule has 0 fully saturated rings. The average molecular weight is 229 g/mol. The fourth-order valence-corrected chi connectivity index (χ4v) is 1.07. The van der Waals surface area contributed by atoms with Gasteiger partial charge < -0.3 is 9.15 Å². The van der Waals surface area contributed by atoms with E-state index in [0.717, 1.165) is 12.1 Å². The van der Waals surface area contributed by atoms with Crippen LogP contribution in [0.4, 0.5) is 13.2 Å². The Morgan fingerprint density at radius 2 is 1.88 bits per heavy atom. The van der Waals surface area contributed by atoms with E-state index in [1.807, 2.05) is 0 Å². The molecule has 83 valence electrons. The molecule has 0 bridgehead atoms. The van der Waals surface area contributed by atoms with Crippen molar-refractivity contribution in [3.8, 4) is 17.2 Å². The van der Waals surface area contributed by atoms with Gasteiger partial charge in [0.25, 0.3) is 0 Å². The first-order valence-corrected chi connectivity index (χ1v) is 4.10. The molecule has 0 spiro atoms. The van der Waals surface area contributed by atoms with Gasteiger partial charge in [0.05, 0.1) is 0 Å². The molecule has 0 saturated carbocycles. The van der Waals surface area contributed by atoms with Crippen molar-refractivity contribution >= 4 is 0 Å². The first-order valence-electron chi connectivity index (χ1n) is 4.10. The van der Waals surface area contributed by atoms with Crippen molar-refractivity contribution in [3.63, 3.8) is 0 Å². The molecule has 0 atom stereocenters. The minimum atomic E-state index is -4.69. The molecule has 7 heteroatoms. The molecule has 0 amide bonds. The third-order valence-corrected chi connectivity index (χ3v) is 1.66. The molecule has 0 aliphatic rings. The van der Waals surface area contributed by atoms with Crippen LogP contribution in [0, 0.1) is 6.39 Å². The Hall–Kier alpha value is -2.05. The molecule has 0 unspecified atom stereocenters. The Balaban J connectivity index is 2.17. The summed E-state index contributed by atoms with van der Waals surface area (Å²) in [5, 5.41) is 6.88. The third kappa shape index (κ3) is 2.50. The van der Waals surface area contributed by atoms with Crippen molar-refractivity contribution < 1.29 is 22.3 Å². The maximum absolute atomic E-state index is 11.8. The number of nitrogens with zero attached hydrogens (tertiary/aromatic N) is 2. The van der Waals surface area contributed by atoms with Gasteiger partial charge in [-0.2, -0.15) is 0 Å². The van der Waals surface area contributed by atoms with Gasteiger partial charge in [-0.1, -0.05) is 0 Å². The molecular weight excluding hydrogens is 225 g/mol. The topological polar surface area (TPSA) is 48.2 Å². The van der Waals surface area contributed by atoms with Crippen molar-refractivity contribution in [2.24, 2.45) is 0 Å². The van der Waals surface area contributed by atoms with E-state index >= 15 is 0 Å². The molecule has 0 aliphatic heterocycles. The Morgan fingerprint density at radius 3 is 2.38 bits per heavy atom. The zero-order valence-corrected chi connectivity index (χ0v) is 7.65. The largest absolute Gasteiger partial charge is 0.573 e. The highest BCUT2D eigenvalue weighted by Gasteiger charge is 2.30. The standard InChI is InChI=1S/C9H4F3N2O2/c10-9(11,12)16-7-3-1-6(2-4-7)8-14-13-5-15-8/h1-4H. The van der Waals surface area contributed by atoms with Gasteiger partial charge in [0.15, 0.2) is 0 Å². The second-order valence-corrected chi connectivity index (χ2v) is 2.77. The highest BCUT2D eigenvalue weighted by atomic mass is 19.4. The van der Waals surface area contributed by atoms with Crippen LogP contribution in [0.2, 0.25) is 0 Å². The van der Waals surface area contributed by atoms with Crippen molar-refractivity contribution in [1.82, 2.24) is 10.2 Å². The Bertz CT molecular complexity index is 451. The molecular formula is C9H4F3N2O2. The van der Waals surface area contributed by atoms with Gasteiger partial charge in [0.2, 0.25) is 5.89 Å². The molecule has 1 radical (unpaired) electrons. The van der Waals surface area contributed by atoms with Gasteiger partial charge in [-0.3, -0.25) is 0 Å². The van der Waals surface area contributed by atoms with E-state index in [2.05, 4.69) is 21.3 Å². The molecule has 0 aliphatic carbocycles. The summed E-state index contributed by atoms with van der Waals surface area (Å²) in [5.74, 6) is -0.127. The van der Waals surface area contributed by atoms with Crippen molar-refractivity contribution in [2.45, 2.75) is 6.36 Å². The molecule has 1 aromatic heterocycles. The zero-order chi connectivity index (χ0) is 11.6. The number of ether oxygens (including phenoxy) is 1. The van der Waals surface area contributed by atoms with E-state index in [1.165, 1.54) is 12.1 Å². The minimum absolute atomic E-state index is 0.179.